The van der Waals surface area contributed by atoms with E-state index < -0.39 is 5.97 Å². The van der Waals surface area contributed by atoms with Crippen LogP contribution in [0.5, 0.6) is 0 Å². The number of carboxylic acids is 1. The van der Waals surface area contributed by atoms with Crippen LogP contribution in [0.2, 0.25) is 0 Å². The van der Waals surface area contributed by atoms with E-state index in [1.54, 1.807) is 11.3 Å². The smallest absolute Gasteiger partial charge is 0.303 e. The molecule has 0 saturated carbocycles. The van der Waals surface area contributed by atoms with Gasteiger partial charge in [-0.25, -0.2) is 4.98 Å². The fourth-order valence-electron chi connectivity index (χ4n) is 1.81. The second kappa shape index (κ2) is 9.16. The molecule has 0 amide bonds. The molecule has 0 aliphatic carbocycles. The number of aromatic nitrogens is 1. The summed E-state index contributed by atoms with van der Waals surface area (Å²) in [5.74, 6) is -0.673. The van der Waals surface area contributed by atoms with Gasteiger partial charge in [-0.1, -0.05) is 32.1 Å². The molecule has 0 radical (unpaired) electrons. The number of carboxylic acid groups (broad SMARTS) is 1. The number of hydrogen-bond acceptors (Lipinski definition) is 3. The lowest BCUT2D eigenvalue weighted by Gasteiger charge is -2.00. The Morgan fingerprint density at radius 2 is 1.76 bits per heavy atom. The van der Waals surface area contributed by atoms with Crippen LogP contribution in [0.15, 0.2) is 11.6 Å². The van der Waals surface area contributed by atoms with Crippen LogP contribution in [0.4, 0.5) is 0 Å². The maximum absolute atomic E-state index is 10.3. The Kier molecular flexibility index (Phi) is 7.63. The molecule has 1 aromatic rings. The van der Waals surface area contributed by atoms with Gasteiger partial charge in [0.15, 0.2) is 0 Å². The minimum absolute atomic E-state index is 0.323. The predicted molar refractivity (Wildman–Crippen MR) is 70.4 cm³/mol. The van der Waals surface area contributed by atoms with Gasteiger partial charge in [0.1, 0.15) is 0 Å². The first-order valence-electron chi connectivity index (χ1n) is 6.39. The molecule has 0 fully saturated rings. The minimum atomic E-state index is -0.673. The lowest BCUT2D eigenvalue weighted by molar-refractivity contribution is -0.137. The standard InChI is InChI=1S/C13H21NO2S/c15-13(16)9-7-5-3-1-2-4-6-8-12-14-10-11-17-12/h10-11H,1-9H2,(H,15,16). The third-order valence-electron chi connectivity index (χ3n) is 2.76. The van der Waals surface area contributed by atoms with Crippen LogP contribution in [0.1, 0.15) is 56.4 Å². The Morgan fingerprint density at radius 3 is 2.35 bits per heavy atom. The molecule has 96 valence electrons. The van der Waals surface area contributed by atoms with Crippen LogP contribution in [0, 0.1) is 0 Å². The van der Waals surface area contributed by atoms with Crippen molar-refractivity contribution in [1.82, 2.24) is 4.98 Å². The van der Waals surface area contributed by atoms with Gasteiger partial charge in [-0.05, 0) is 19.3 Å². The average molecular weight is 255 g/mol. The van der Waals surface area contributed by atoms with Gasteiger partial charge in [0, 0.05) is 18.0 Å². The highest BCUT2D eigenvalue weighted by molar-refractivity contribution is 7.09. The van der Waals surface area contributed by atoms with Crippen molar-refractivity contribution in [1.29, 1.82) is 0 Å². The fourth-order valence-corrected chi connectivity index (χ4v) is 2.48. The van der Waals surface area contributed by atoms with Gasteiger partial charge in [-0.2, -0.15) is 0 Å². The Labute approximate surface area is 107 Å². The van der Waals surface area contributed by atoms with Crippen molar-refractivity contribution in [3.8, 4) is 0 Å². The van der Waals surface area contributed by atoms with Crippen molar-refractivity contribution in [3.05, 3.63) is 16.6 Å². The first-order chi connectivity index (χ1) is 8.29. The number of unbranched alkanes of at least 4 members (excludes halogenated alkanes) is 6. The molecule has 0 atom stereocenters. The van der Waals surface area contributed by atoms with Gasteiger partial charge in [0.2, 0.25) is 0 Å². The zero-order valence-corrected chi connectivity index (χ0v) is 11.0. The van der Waals surface area contributed by atoms with Crippen molar-refractivity contribution >= 4 is 17.3 Å². The highest BCUT2D eigenvalue weighted by Crippen LogP contribution is 2.12. The monoisotopic (exact) mass is 255 g/mol. The van der Waals surface area contributed by atoms with Gasteiger partial charge < -0.3 is 5.11 Å². The third-order valence-corrected chi connectivity index (χ3v) is 3.60. The van der Waals surface area contributed by atoms with Crippen LogP contribution < -0.4 is 0 Å². The Balaban J connectivity index is 1.80. The summed E-state index contributed by atoms with van der Waals surface area (Å²) in [5.41, 5.74) is 0. The number of carbonyl (C=O) groups is 1. The summed E-state index contributed by atoms with van der Waals surface area (Å²) in [7, 11) is 0. The molecule has 0 unspecified atom stereocenters. The number of aliphatic carboxylic acids is 1. The molecule has 4 heteroatoms. The van der Waals surface area contributed by atoms with Crippen LogP contribution in [-0.2, 0) is 11.2 Å². The summed E-state index contributed by atoms with van der Waals surface area (Å²) in [6, 6.07) is 0. The zero-order valence-electron chi connectivity index (χ0n) is 10.2. The zero-order chi connectivity index (χ0) is 12.3. The van der Waals surface area contributed by atoms with E-state index in [-0.39, 0.29) is 0 Å². The second-order valence-electron chi connectivity index (χ2n) is 4.29. The molecule has 0 aromatic carbocycles. The van der Waals surface area contributed by atoms with Gasteiger partial charge in [0.25, 0.3) is 0 Å². The van der Waals surface area contributed by atoms with Crippen molar-refractivity contribution < 1.29 is 9.90 Å². The maximum atomic E-state index is 10.3. The van der Waals surface area contributed by atoms with Crippen molar-refractivity contribution in [2.75, 3.05) is 0 Å². The highest BCUT2D eigenvalue weighted by Gasteiger charge is 1.97. The summed E-state index contributed by atoms with van der Waals surface area (Å²) in [4.78, 5) is 14.5. The topological polar surface area (TPSA) is 50.2 Å². The number of thiazole rings is 1. The Bertz CT molecular complexity index is 298. The minimum Gasteiger partial charge on any atom is -0.481 e. The Morgan fingerprint density at radius 1 is 1.12 bits per heavy atom. The van der Waals surface area contributed by atoms with E-state index in [0.717, 1.165) is 19.3 Å². The molecule has 1 rings (SSSR count). The lowest BCUT2D eigenvalue weighted by atomic mass is 10.1. The lowest BCUT2D eigenvalue weighted by Crippen LogP contribution is -1.93. The van der Waals surface area contributed by atoms with Crippen LogP contribution in [0.25, 0.3) is 0 Å². The van der Waals surface area contributed by atoms with Gasteiger partial charge in [-0.3, -0.25) is 4.79 Å². The normalized spacial score (nSPS) is 10.6. The van der Waals surface area contributed by atoms with Crippen LogP contribution >= 0.6 is 11.3 Å². The second-order valence-corrected chi connectivity index (χ2v) is 5.27. The SMILES string of the molecule is O=C(O)CCCCCCCCCc1nccs1. The quantitative estimate of drug-likeness (QED) is 0.645. The molecule has 3 nitrogen and oxygen atoms in total. The molecule has 0 spiro atoms. The van der Waals surface area contributed by atoms with Gasteiger partial charge >= 0.3 is 5.97 Å². The van der Waals surface area contributed by atoms with Crippen LogP contribution in [0.3, 0.4) is 0 Å². The summed E-state index contributed by atoms with van der Waals surface area (Å²) in [6.45, 7) is 0. The van der Waals surface area contributed by atoms with E-state index in [1.165, 1.54) is 37.1 Å². The first kappa shape index (κ1) is 14.2. The van der Waals surface area contributed by atoms with E-state index in [2.05, 4.69) is 4.98 Å². The van der Waals surface area contributed by atoms with Crippen molar-refractivity contribution in [3.63, 3.8) is 0 Å². The molecular formula is C13H21NO2S. The maximum Gasteiger partial charge on any atom is 0.303 e. The molecule has 0 saturated heterocycles. The summed E-state index contributed by atoms with van der Waals surface area (Å²) >= 11 is 1.73. The summed E-state index contributed by atoms with van der Waals surface area (Å²) in [5, 5.41) is 11.7. The number of nitrogens with zero attached hydrogens (tertiary/aromatic N) is 1. The van der Waals surface area contributed by atoms with Gasteiger partial charge in [-0.15, -0.1) is 11.3 Å². The van der Waals surface area contributed by atoms with Gasteiger partial charge in [0.05, 0.1) is 5.01 Å². The van der Waals surface area contributed by atoms with Crippen molar-refractivity contribution in [2.24, 2.45) is 0 Å². The summed E-state index contributed by atoms with van der Waals surface area (Å²) in [6.07, 6.45) is 11.3. The largest absolute Gasteiger partial charge is 0.481 e. The number of hydrogen-bond donors (Lipinski definition) is 1. The number of rotatable bonds is 10. The first-order valence-corrected chi connectivity index (χ1v) is 7.27. The highest BCUT2D eigenvalue weighted by atomic mass is 32.1. The molecule has 1 N–H and O–H groups in total. The fraction of sp³-hybridized carbons (Fsp3) is 0.692. The molecule has 0 bridgehead atoms. The van der Waals surface area contributed by atoms with E-state index in [1.807, 2.05) is 11.6 Å². The van der Waals surface area contributed by atoms with Crippen molar-refractivity contribution in [2.45, 2.75) is 57.8 Å². The molecular weight excluding hydrogens is 234 g/mol. The average Bonchev–Trinajstić information content (AvgIpc) is 2.79. The van der Waals surface area contributed by atoms with E-state index >= 15 is 0 Å². The molecule has 1 aromatic heterocycles. The number of aryl methyl sites for hydroxylation is 1. The Hall–Kier alpha value is -0.900. The molecule has 0 aliphatic heterocycles. The van der Waals surface area contributed by atoms with E-state index in [9.17, 15) is 4.79 Å². The predicted octanol–water partition coefficient (Wildman–Crippen LogP) is 3.89. The third kappa shape index (κ3) is 7.91. The molecule has 17 heavy (non-hydrogen) atoms. The van der Waals surface area contributed by atoms with E-state index in [4.69, 9.17) is 5.11 Å². The summed E-state index contributed by atoms with van der Waals surface area (Å²) < 4.78 is 0. The molecule has 1 heterocycles. The molecule has 0 aliphatic rings. The van der Waals surface area contributed by atoms with E-state index in [0.29, 0.717) is 6.42 Å². The van der Waals surface area contributed by atoms with Crippen LogP contribution in [-0.4, -0.2) is 16.1 Å².